The zero-order valence-corrected chi connectivity index (χ0v) is 10.6. The second-order valence-electron chi connectivity index (χ2n) is 4.68. The van der Waals surface area contributed by atoms with Gasteiger partial charge in [0.1, 0.15) is 5.82 Å². The number of fused-ring (bicyclic) bond motifs is 3. The van der Waals surface area contributed by atoms with Crippen LogP contribution in [0.5, 0.6) is 0 Å². The van der Waals surface area contributed by atoms with Gasteiger partial charge in [-0.05, 0) is 26.0 Å². The van der Waals surface area contributed by atoms with Gasteiger partial charge in [0.2, 0.25) is 0 Å². The molecule has 0 bridgehead atoms. The molecule has 3 heterocycles. The van der Waals surface area contributed by atoms with Gasteiger partial charge in [-0.3, -0.25) is 4.90 Å². The molecule has 16 heavy (non-hydrogen) atoms. The molecule has 1 atom stereocenters. The summed E-state index contributed by atoms with van der Waals surface area (Å²) in [5, 5.41) is 0.570. The van der Waals surface area contributed by atoms with Gasteiger partial charge in [-0.25, -0.2) is 4.98 Å². The zero-order valence-electron chi connectivity index (χ0n) is 9.76. The van der Waals surface area contributed by atoms with Gasteiger partial charge in [0.25, 0.3) is 0 Å². The van der Waals surface area contributed by atoms with E-state index in [1.54, 1.807) is 0 Å². The first kappa shape index (κ1) is 10.4. The standard InChI is InChI=1S/C12H17N3S/c1-9(2)14-6-7-15-11(8-14)16-10-4-3-5-13-12(10)15/h3-5,9,11H,6-8H2,1-2H3. The minimum absolute atomic E-state index is 0.570. The summed E-state index contributed by atoms with van der Waals surface area (Å²) in [6, 6.07) is 4.87. The molecule has 0 spiro atoms. The number of piperazine rings is 1. The van der Waals surface area contributed by atoms with Crippen LogP contribution in [0, 0.1) is 0 Å². The molecule has 1 aromatic heterocycles. The van der Waals surface area contributed by atoms with E-state index in [1.807, 2.05) is 24.0 Å². The van der Waals surface area contributed by atoms with Crippen molar-refractivity contribution in [2.75, 3.05) is 24.5 Å². The van der Waals surface area contributed by atoms with Crippen LogP contribution in [-0.4, -0.2) is 40.9 Å². The molecule has 0 N–H and O–H groups in total. The van der Waals surface area contributed by atoms with Crippen molar-refractivity contribution in [1.82, 2.24) is 9.88 Å². The van der Waals surface area contributed by atoms with Crippen LogP contribution in [0.15, 0.2) is 23.2 Å². The molecule has 0 aliphatic carbocycles. The van der Waals surface area contributed by atoms with Gasteiger partial charge in [0, 0.05) is 31.9 Å². The molecule has 3 rings (SSSR count). The van der Waals surface area contributed by atoms with E-state index in [9.17, 15) is 0 Å². The normalized spacial score (nSPS) is 24.7. The smallest absolute Gasteiger partial charge is 0.143 e. The average Bonchev–Trinajstić information content (AvgIpc) is 2.66. The quantitative estimate of drug-likeness (QED) is 0.741. The summed E-state index contributed by atoms with van der Waals surface area (Å²) in [5.74, 6) is 1.20. The number of aromatic nitrogens is 1. The highest BCUT2D eigenvalue weighted by molar-refractivity contribution is 8.00. The minimum Gasteiger partial charge on any atom is -0.341 e. The lowest BCUT2D eigenvalue weighted by Gasteiger charge is -2.39. The lowest BCUT2D eigenvalue weighted by atomic mass is 10.2. The number of anilines is 1. The van der Waals surface area contributed by atoms with E-state index in [0.29, 0.717) is 11.4 Å². The number of hydrogen-bond donors (Lipinski definition) is 0. The highest BCUT2D eigenvalue weighted by Gasteiger charge is 2.36. The van der Waals surface area contributed by atoms with Crippen molar-refractivity contribution in [2.45, 2.75) is 30.2 Å². The predicted molar refractivity (Wildman–Crippen MR) is 67.9 cm³/mol. The van der Waals surface area contributed by atoms with E-state index < -0.39 is 0 Å². The molecule has 2 aliphatic rings. The number of thioether (sulfide) groups is 1. The number of nitrogens with zero attached hydrogens (tertiary/aromatic N) is 3. The fourth-order valence-electron chi connectivity index (χ4n) is 2.42. The van der Waals surface area contributed by atoms with Crippen molar-refractivity contribution in [1.29, 1.82) is 0 Å². The first-order chi connectivity index (χ1) is 7.75. The Balaban J connectivity index is 1.82. The molecule has 4 heteroatoms. The fourth-order valence-corrected chi connectivity index (χ4v) is 3.74. The van der Waals surface area contributed by atoms with Crippen LogP contribution in [0.2, 0.25) is 0 Å². The Morgan fingerprint density at radius 2 is 2.31 bits per heavy atom. The average molecular weight is 235 g/mol. The van der Waals surface area contributed by atoms with Crippen molar-refractivity contribution in [2.24, 2.45) is 0 Å². The summed E-state index contributed by atoms with van der Waals surface area (Å²) in [4.78, 5) is 10.9. The summed E-state index contributed by atoms with van der Waals surface area (Å²) in [6.45, 7) is 7.98. The molecule has 2 aliphatic heterocycles. The third-order valence-corrected chi connectivity index (χ3v) is 4.63. The SMILES string of the molecule is CC(C)N1CCN2c3ncccc3SC2C1. The van der Waals surface area contributed by atoms with E-state index in [1.165, 1.54) is 10.7 Å². The van der Waals surface area contributed by atoms with Gasteiger partial charge in [-0.15, -0.1) is 0 Å². The highest BCUT2D eigenvalue weighted by atomic mass is 32.2. The first-order valence-electron chi connectivity index (χ1n) is 5.88. The highest BCUT2D eigenvalue weighted by Crippen LogP contribution is 2.43. The first-order valence-corrected chi connectivity index (χ1v) is 6.76. The van der Waals surface area contributed by atoms with E-state index in [4.69, 9.17) is 0 Å². The zero-order chi connectivity index (χ0) is 11.1. The summed E-state index contributed by atoms with van der Waals surface area (Å²) >= 11 is 1.96. The lowest BCUT2D eigenvalue weighted by molar-refractivity contribution is 0.202. The third-order valence-electron chi connectivity index (χ3n) is 3.38. The van der Waals surface area contributed by atoms with Crippen LogP contribution >= 0.6 is 11.8 Å². The van der Waals surface area contributed by atoms with Crippen LogP contribution in [0.4, 0.5) is 5.82 Å². The van der Waals surface area contributed by atoms with Crippen molar-refractivity contribution >= 4 is 17.6 Å². The Morgan fingerprint density at radius 1 is 1.44 bits per heavy atom. The Labute approximate surface area is 101 Å². The van der Waals surface area contributed by atoms with E-state index in [2.05, 4.69) is 34.7 Å². The molecule has 1 saturated heterocycles. The molecule has 0 saturated carbocycles. The van der Waals surface area contributed by atoms with Gasteiger partial charge >= 0.3 is 0 Å². The Bertz CT molecular complexity index is 394. The summed E-state index contributed by atoms with van der Waals surface area (Å²) in [6.07, 6.45) is 1.90. The lowest BCUT2D eigenvalue weighted by Crippen LogP contribution is -2.52. The van der Waals surface area contributed by atoms with Crippen LogP contribution in [-0.2, 0) is 0 Å². The van der Waals surface area contributed by atoms with Crippen LogP contribution in [0.25, 0.3) is 0 Å². The Morgan fingerprint density at radius 3 is 3.12 bits per heavy atom. The number of hydrogen-bond acceptors (Lipinski definition) is 4. The minimum atomic E-state index is 0.570. The van der Waals surface area contributed by atoms with E-state index in [0.717, 1.165) is 19.6 Å². The van der Waals surface area contributed by atoms with E-state index >= 15 is 0 Å². The molecule has 1 fully saturated rings. The summed E-state index contributed by atoms with van der Waals surface area (Å²) in [5.41, 5.74) is 0. The van der Waals surface area contributed by atoms with Crippen molar-refractivity contribution in [3.05, 3.63) is 18.3 Å². The van der Waals surface area contributed by atoms with Gasteiger partial charge in [0.15, 0.2) is 0 Å². The third kappa shape index (κ3) is 1.60. The molecule has 0 amide bonds. The topological polar surface area (TPSA) is 19.4 Å². The van der Waals surface area contributed by atoms with Gasteiger partial charge in [0.05, 0.1) is 10.3 Å². The van der Waals surface area contributed by atoms with Crippen LogP contribution in [0.3, 0.4) is 0 Å². The van der Waals surface area contributed by atoms with E-state index in [-0.39, 0.29) is 0 Å². The summed E-state index contributed by atoms with van der Waals surface area (Å²) in [7, 11) is 0. The molecule has 0 radical (unpaired) electrons. The largest absolute Gasteiger partial charge is 0.341 e. The number of rotatable bonds is 1. The maximum absolute atomic E-state index is 4.50. The maximum atomic E-state index is 4.50. The second-order valence-corrected chi connectivity index (χ2v) is 5.90. The number of pyridine rings is 1. The van der Waals surface area contributed by atoms with Gasteiger partial charge < -0.3 is 4.90 Å². The second kappa shape index (κ2) is 3.93. The molecule has 86 valence electrons. The Hall–Kier alpha value is -0.740. The monoisotopic (exact) mass is 235 g/mol. The molecule has 3 nitrogen and oxygen atoms in total. The molecular weight excluding hydrogens is 218 g/mol. The molecular formula is C12H17N3S. The summed E-state index contributed by atoms with van der Waals surface area (Å²) < 4.78 is 0. The van der Waals surface area contributed by atoms with Crippen LogP contribution in [0.1, 0.15) is 13.8 Å². The fraction of sp³-hybridized carbons (Fsp3) is 0.583. The Kier molecular flexibility index (Phi) is 2.56. The van der Waals surface area contributed by atoms with Crippen molar-refractivity contribution < 1.29 is 0 Å². The molecule has 1 unspecified atom stereocenters. The predicted octanol–water partition coefficient (Wildman–Crippen LogP) is 2.04. The van der Waals surface area contributed by atoms with Crippen molar-refractivity contribution in [3.8, 4) is 0 Å². The molecule has 1 aromatic rings. The van der Waals surface area contributed by atoms with Crippen molar-refractivity contribution in [3.63, 3.8) is 0 Å². The maximum Gasteiger partial charge on any atom is 0.143 e. The van der Waals surface area contributed by atoms with Crippen LogP contribution < -0.4 is 4.90 Å². The van der Waals surface area contributed by atoms with Gasteiger partial charge in [-0.1, -0.05) is 11.8 Å². The molecule has 0 aromatic carbocycles. The van der Waals surface area contributed by atoms with Gasteiger partial charge in [-0.2, -0.15) is 0 Å².